The minimum Gasteiger partial charge on any atom is -0.502 e. The highest BCUT2D eigenvalue weighted by Crippen LogP contribution is 2.64. The van der Waals surface area contributed by atoms with Gasteiger partial charge in [0.05, 0.1) is 53.8 Å². The molecule has 2 aliphatic heterocycles. The zero-order valence-corrected chi connectivity index (χ0v) is 27.6. The molecule has 2 saturated heterocycles. The van der Waals surface area contributed by atoms with Crippen LogP contribution in [0.1, 0.15) is 43.7 Å². The summed E-state index contributed by atoms with van der Waals surface area (Å²) in [4.78, 5) is 59.5. The van der Waals surface area contributed by atoms with Gasteiger partial charge in [-0.25, -0.2) is 9.29 Å². The molecule has 2 heterocycles. The molecule has 11 heteroatoms. The summed E-state index contributed by atoms with van der Waals surface area (Å²) in [7, 11) is 2.79. The lowest BCUT2D eigenvalue weighted by Crippen LogP contribution is -2.48. The standard InChI is InChI=1S/C37H34ClFN2O7/c1-5-18-6-8-20(9-7-18)40-33(43)23-12-11-22-24(30(23)35(40)45)17-25-34(44)41(21-10-13-27(39)26(38)16-21)36(46)37(25,2)31(22)19-14-28(47-3)32(42)29(15-19)48-4/h6-11,13-16,23-25,30-31,42H,5,12,17H2,1-4H3/t23-,24+,25-,30-,31-,37+/m0/s1. The molecular formula is C37H34ClFN2O7. The number of phenolic OH excluding ortho intramolecular Hbond substituents is 1. The van der Waals surface area contributed by atoms with Crippen molar-refractivity contribution in [2.75, 3.05) is 24.0 Å². The number of carbonyl (C=O) groups is 4. The lowest BCUT2D eigenvalue weighted by Gasteiger charge is -2.49. The number of ether oxygens (including phenoxy) is 2. The fourth-order valence-electron chi connectivity index (χ4n) is 8.48. The fraction of sp³-hybridized carbons (Fsp3) is 0.351. The van der Waals surface area contributed by atoms with E-state index in [-0.39, 0.29) is 52.6 Å². The lowest BCUT2D eigenvalue weighted by atomic mass is 9.51. The highest BCUT2D eigenvalue weighted by Gasteiger charge is 2.67. The molecule has 0 radical (unpaired) electrons. The summed E-state index contributed by atoms with van der Waals surface area (Å²) in [5, 5.41) is 10.5. The second kappa shape index (κ2) is 11.5. The van der Waals surface area contributed by atoms with Crippen LogP contribution in [0.15, 0.2) is 66.2 Å². The number of amides is 4. The molecule has 0 spiro atoms. The molecule has 1 N–H and O–H groups in total. The molecule has 0 unspecified atom stereocenters. The van der Waals surface area contributed by atoms with Crippen molar-refractivity contribution in [2.45, 2.75) is 39.0 Å². The van der Waals surface area contributed by atoms with Crippen molar-refractivity contribution in [3.8, 4) is 17.2 Å². The Labute approximate surface area is 281 Å². The largest absolute Gasteiger partial charge is 0.502 e. The highest BCUT2D eigenvalue weighted by atomic mass is 35.5. The quantitative estimate of drug-likeness (QED) is 0.245. The van der Waals surface area contributed by atoms with Gasteiger partial charge in [0, 0.05) is 5.92 Å². The number of hydrogen-bond acceptors (Lipinski definition) is 7. The van der Waals surface area contributed by atoms with Crippen LogP contribution in [-0.4, -0.2) is 43.0 Å². The number of anilines is 2. The minimum atomic E-state index is -1.37. The third-order valence-corrected chi connectivity index (χ3v) is 11.2. The van der Waals surface area contributed by atoms with Gasteiger partial charge in [-0.15, -0.1) is 0 Å². The van der Waals surface area contributed by atoms with E-state index in [1.54, 1.807) is 31.2 Å². The van der Waals surface area contributed by atoms with Gasteiger partial charge in [0.25, 0.3) is 0 Å². The van der Waals surface area contributed by atoms with Crippen LogP contribution in [0, 0.1) is 34.9 Å². The van der Waals surface area contributed by atoms with Crippen LogP contribution >= 0.6 is 11.6 Å². The Morgan fingerprint density at radius 2 is 1.54 bits per heavy atom. The summed E-state index contributed by atoms with van der Waals surface area (Å²) in [6.07, 6.45) is 3.16. The van der Waals surface area contributed by atoms with E-state index in [0.29, 0.717) is 11.3 Å². The number of methoxy groups -OCH3 is 2. The van der Waals surface area contributed by atoms with Crippen LogP contribution in [0.5, 0.6) is 17.2 Å². The molecule has 7 rings (SSSR count). The van der Waals surface area contributed by atoms with Crippen LogP contribution in [0.3, 0.4) is 0 Å². The number of phenols is 1. The number of fused-ring (bicyclic) bond motifs is 4. The van der Waals surface area contributed by atoms with Gasteiger partial charge < -0.3 is 14.6 Å². The molecular weight excluding hydrogens is 639 g/mol. The van der Waals surface area contributed by atoms with Gasteiger partial charge in [0.15, 0.2) is 11.5 Å². The van der Waals surface area contributed by atoms with Crippen LogP contribution in [0.2, 0.25) is 5.02 Å². The zero-order valence-electron chi connectivity index (χ0n) is 26.8. The Kier molecular flexibility index (Phi) is 7.62. The first kappa shape index (κ1) is 31.9. The summed E-state index contributed by atoms with van der Waals surface area (Å²) in [6, 6.07) is 14.3. The number of halogens is 2. The minimum absolute atomic E-state index is 0.105. The Hall–Kier alpha value is -4.70. The van der Waals surface area contributed by atoms with Gasteiger partial charge in [0.1, 0.15) is 5.82 Å². The second-order valence-electron chi connectivity index (χ2n) is 13.1. The van der Waals surface area contributed by atoms with Crippen LogP contribution in [0.25, 0.3) is 0 Å². The monoisotopic (exact) mass is 672 g/mol. The summed E-state index contributed by atoms with van der Waals surface area (Å²) in [5.74, 6) is -5.98. The van der Waals surface area contributed by atoms with Crippen molar-refractivity contribution >= 4 is 46.6 Å². The molecule has 3 fully saturated rings. The van der Waals surface area contributed by atoms with E-state index >= 15 is 0 Å². The highest BCUT2D eigenvalue weighted by molar-refractivity contribution is 6.32. The number of hydrogen-bond donors (Lipinski definition) is 1. The molecule has 0 bridgehead atoms. The van der Waals surface area contributed by atoms with Crippen LogP contribution in [-0.2, 0) is 25.6 Å². The molecule has 3 aromatic carbocycles. The van der Waals surface area contributed by atoms with Gasteiger partial charge >= 0.3 is 0 Å². The molecule has 48 heavy (non-hydrogen) atoms. The predicted molar refractivity (Wildman–Crippen MR) is 176 cm³/mol. The van der Waals surface area contributed by atoms with Gasteiger partial charge in [-0.3, -0.25) is 24.1 Å². The van der Waals surface area contributed by atoms with E-state index in [0.717, 1.165) is 28.5 Å². The van der Waals surface area contributed by atoms with E-state index in [4.69, 9.17) is 21.1 Å². The zero-order chi connectivity index (χ0) is 34.2. The maximum atomic E-state index is 14.6. The predicted octanol–water partition coefficient (Wildman–Crippen LogP) is 6.20. The fourth-order valence-corrected chi connectivity index (χ4v) is 8.66. The smallest absolute Gasteiger partial charge is 0.241 e. The van der Waals surface area contributed by atoms with E-state index in [2.05, 4.69) is 0 Å². The average Bonchev–Trinajstić information content (AvgIpc) is 3.45. The summed E-state index contributed by atoms with van der Waals surface area (Å²) < 4.78 is 25.1. The first-order valence-corrected chi connectivity index (χ1v) is 16.3. The summed E-state index contributed by atoms with van der Waals surface area (Å²) in [5.41, 5.74) is 1.62. The van der Waals surface area contributed by atoms with Crippen molar-refractivity contribution in [3.63, 3.8) is 0 Å². The Bertz CT molecular complexity index is 1900. The second-order valence-corrected chi connectivity index (χ2v) is 13.5. The van der Waals surface area contributed by atoms with Crippen molar-refractivity contribution in [1.82, 2.24) is 0 Å². The number of aryl methyl sites for hydroxylation is 1. The molecule has 1 saturated carbocycles. The van der Waals surface area contributed by atoms with Crippen LogP contribution in [0.4, 0.5) is 15.8 Å². The van der Waals surface area contributed by atoms with Crippen molar-refractivity contribution in [2.24, 2.45) is 29.1 Å². The van der Waals surface area contributed by atoms with Crippen molar-refractivity contribution in [1.29, 1.82) is 0 Å². The molecule has 4 aliphatic rings. The topological polar surface area (TPSA) is 113 Å². The van der Waals surface area contributed by atoms with Crippen LogP contribution < -0.4 is 19.3 Å². The maximum absolute atomic E-state index is 14.6. The SMILES string of the molecule is CCc1ccc(N2C(=O)[C@H]3[C@H](CC=C4[C@H]3C[C@H]3C(=O)N(c5ccc(F)c(Cl)c5)C(=O)[C@@]3(C)[C@H]4c3cc(OC)c(O)c(OC)c3)C2=O)cc1. The molecule has 9 nitrogen and oxygen atoms in total. The molecule has 0 aromatic heterocycles. The van der Waals surface area contributed by atoms with Gasteiger partial charge in [-0.05, 0) is 85.7 Å². The summed E-state index contributed by atoms with van der Waals surface area (Å²) in [6.45, 7) is 3.75. The normalized spacial score (nSPS) is 27.9. The average molecular weight is 673 g/mol. The number of carbonyl (C=O) groups excluding carboxylic acids is 4. The number of nitrogens with zero attached hydrogens (tertiary/aromatic N) is 2. The van der Waals surface area contributed by atoms with Gasteiger partial charge in [-0.2, -0.15) is 0 Å². The molecule has 2 aliphatic carbocycles. The maximum Gasteiger partial charge on any atom is 0.241 e. The number of aromatic hydroxyl groups is 1. The van der Waals surface area contributed by atoms with E-state index in [1.165, 1.54) is 31.3 Å². The Balaban J connectivity index is 1.38. The van der Waals surface area contributed by atoms with E-state index in [9.17, 15) is 28.7 Å². The van der Waals surface area contributed by atoms with Gasteiger partial charge in [-0.1, -0.05) is 42.3 Å². The van der Waals surface area contributed by atoms with Crippen molar-refractivity contribution < 1.29 is 38.1 Å². The Morgan fingerprint density at radius 3 is 2.15 bits per heavy atom. The first-order chi connectivity index (χ1) is 23.0. The number of imide groups is 2. The molecule has 6 atom stereocenters. The number of rotatable bonds is 6. The van der Waals surface area contributed by atoms with E-state index < -0.39 is 52.6 Å². The third-order valence-electron chi connectivity index (χ3n) is 10.9. The van der Waals surface area contributed by atoms with Gasteiger partial charge in [0.2, 0.25) is 29.4 Å². The number of allylic oxidation sites excluding steroid dienone is 2. The number of benzene rings is 3. The van der Waals surface area contributed by atoms with E-state index in [1.807, 2.05) is 25.1 Å². The molecule has 3 aromatic rings. The molecule has 4 amide bonds. The first-order valence-electron chi connectivity index (χ1n) is 15.9. The Morgan fingerprint density at radius 1 is 0.896 bits per heavy atom. The lowest BCUT2D eigenvalue weighted by molar-refractivity contribution is -0.131. The molecule has 248 valence electrons. The van der Waals surface area contributed by atoms with Crippen molar-refractivity contribution in [3.05, 3.63) is 88.2 Å². The summed E-state index contributed by atoms with van der Waals surface area (Å²) >= 11 is 6.09. The third kappa shape index (κ3) is 4.41.